The van der Waals surface area contributed by atoms with E-state index in [4.69, 9.17) is 42.4 Å². The van der Waals surface area contributed by atoms with Crippen molar-refractivity contribution in [1.82, 2.24) is 14.5 Å². The molecule has 13 heteroatoms. The molecule has 0 bridgehead atoms. The van der Waals surface area contributed by atoms with Crippen LogP contribution in [-0.4, -0.2) is 81.5 Å². The van der Waals surface area contributed by atoms with Crippen LogP contribution in [0.15, 0.2) is 89.9 Å². The van der Waals surface area contributed by atoms with E-state index in [1.54, 1.807) is 29.0 Å². The molecule has 1 fully saturated rings. The number of ether oxygens (including phenoxy) is 3. The van der Waals surface area contributed by atoms with Crippen molar-refractivity contribution in [3.63, 3.8) is 0 Å². The Balaban J connectivity index is 1.44. The number of carbonyl (C=O) groups is 1. The molecule has 6 rings (SSSR count). The number of hydrogen-bond donors (Lipinski definition) is 2. The molecular weight excluding hydrogens is 715 g/mol. The Morgan fingerprint density at radius 3 is 2.34 bits per heavy atom. The summed E-state index contributed by atoms with van der Waals surface area (Å²) in [6.07, 6.45) is 5.01. The quantitative estimate of drug-likeness (QED) is 0.124. The van der Waals surface area contributed by atoms with Crippen LogP contribution < -0.4 is 30.6 Å². The molecule has 1 saturated heterocycles. The van der Waals surface area contributed by atoms with Crippen molar-refractivity contribution in [2.45, 2.75) is 13.0 Å². The van der Waals surface area contributed by atoms with E-state index in [9.17, 15) is 9.59 Å². The number of nitrogens with zero attached hydrogens (tertiary/aromatic N) is 4. The number of carbonyl (C=O) groups excluding carboxylic acids is 1. The first-order valence-electron chi connectivity index (χ1n) is 17.2. The van der Waals surface area contributed by atoms with Crippen LogP contribution in [0.25, 0.3) is 22.0 Å². The number of fused-ring (bicyclic) bond motifs is 1. The minimum Gasteiger partial charge on any atom is -0.495 e. The second kappa shape index (κ2) is 16.7. The number of aromatic nitrogens is 2. The molecule has 1 unspecified atom stereocenters. The molecule has 0 saturated carbocycles. The minimum absolute atomic E-state index is 0.174. The molecule has 0 spiro atoms. The third-order valence-corrected chi connectivity index (χ3v) is 9.79. The molecule has 2 aromatic heterocycles. The van der Waals surface area contributed by atoms with Gasteiger partial charge in [-0.15, -0.1) is 0 Å². The highest BCUT2D eigenvalue weighted by Crippen LogP contribution is 2.45. The Morgan fingerprint density at radius 1 is 0.981 bits per heavy atom. The summed E-state index contributed by atoms with van der Waals surface area (Å²) in [7, 11) is 6.83. The summed E-state index contributed by atoms with van der Waals surface area (Å²) in [6, 6.07) is 20.2. The number of morpholine rings is 1. The van der Waals surface area contributed by atoms with E-state index < -0.39 is 6.04 Å². The summed E-state index contributed by atoms with van der Waals surface area (Å²) in [5.41, 5.74) is 4.14. The van der Waals surface area contributed by atoms with Crippen LogP contribution in [0.2, 0.25) is 10.0 Å². The molecule has 5 aromatic rings. The van der Waals surface area contributed by atoms with Crippen molar-refractivity contribution in [2.75, 3.05) is 76.7 Å². The van der Waals surface area contributed by atoms with Gasteiger partial charge in [0.1, 0.15) is 17.3 Å². The molecule has 53 heavy (non-hydrogen) atoms. The summed E-state index contributed by atoms with van der Waals surface area (Å²) in [4.78, 5) is 36.5. The zero-order chi connectivity index (χ0) is 37.6. The van der Waals surface area contributed by atoms with Gasteiger partial charge in [-0.05, 0) is 69.0 Å². The summed E-state index contributed by atoms with van der Waals surface area (Å²) in [5.74, 6) is 0.913. The maximum atomic E-state index is 14.8. The maximum absolute atomic E-state index is 14.8. The van der Waals surface area contributed by atoms with Gasteiger partial charge in [-0.25, -0.2) is 4.98 Å². The molecule has 2 N–H and O–H groups in total. The lowest BCUT2D eigenvalue weighted by molar-refractivity contribution is -0.111. The molecule has 276 valence electrons. The fourth-order valence-electron chi connectivity index (χ4n) is 6.29. The molecule has 3 aromatic carbocycles. The van der Waals surface area contributed by atoms with Crippen LogP contribution in [0.3, 0.4) is 0 Å². The first kappa shape index (κ1) is 37.7. The number of benzene rings is 3. The van der Waals surface area contributed by atoms with Gasteiger partial charge in [-0.1, -0.05) is 41.4 Å². The fourth-order valence-corrected chi connectivity index (χ4v) is 6.99. The molecule has 1 atom stereocenters. The Bertz CT molecular complexity index is 2170. The van der Waals surface area contributed by atoms with Crippen molar-refractivity contribution in [2.24, 2.45) is 0 Å². The average molecular weight is 758 g/mol. The Kier molecular flexibility index (Phi) is 11.9. The van der Waals surface area contributed by atoms with Gasteiger partial charge < -0.3 is 39.2 Å². The van der Waals surface area contributed by atoms with E-state index in [-0.39, 0.29) is 32.6 Å². The first-order valence-corrected chi connectivity index (χ1v) is 17.9. The smallest absolute Gasteiger partial charge is 0.259 e. The van der Waals surface area contributed by atoms with Gasteiger partial charge >= 0.3 is 0 Å². The van der Waals surface area contributed by atoms with Crippen molar-refractivity contribution in [1.29, 1.82) is 0 Å². The number of nitrogens with one attached hydrogen (secondary N) is 2. The summed E-state index contributed by atoms with van der Waals surface area (Å²) in [5, 5.41) is 7.35. The predicted octanol–water partition coefficient (Wildman–Crippen LogP) is 7.63. The highest BCUT2D eigenvalue weighted by Gasteiger charge is 2.25. The summed E-state index contributed by atoms with van der Waals surface area (Å²) in [6.45, 7) is 5.67. The number of methoxy groups -OCH3 is 2. The van der Waals surface area contributed by atoms with Gasteiger partial charge in [0.05, 0.1) is 54.6 Å². The maximum Gasteiger partial charge on any atom is 0.259 e. The van der Waals surface area contributed by atoms with E-state index in [2.05, 4.69) is 27.7 Å². The first-order chi connectivity index (χ1) is 25.6. The Morgan fingerprint density at radius 2 is 1.68 bits per heavy atom. The number of likely N-dealkylation sites (N-methyl/N-ethyl adjacent to an activating group) is 1. The Labute approximate surface area is 318 Å². The van der Waals surface area contributed by atoms with Crippen LogP contribution >= 0.6 is 23.2 Å². The Hall–Kier alpha value is -5.07. The van der Waals surface area contributed by atoms with Crippen LogP contribution in [0.5, 0.6) is 11.5 Å². The largest absolute Gasteiger partial charge is 0.495 e. The van der Waals surface area contributed by atoms with E-state index in [0.717, 1.165) is 30.0 Å². The monoisotopic (exact) mass is 756 g/mol. The third-order valence-electron chi connectivity index (χ3n) is 9.04. The minimum atomic E-state index is -0.515. The molecule has 1 aliphatic heterocycles. The highest BCUT2D eigenvalue weighted by atomic mass is 35.5. The van der Waals surface area contributed by atoms with Crippen molar-refractivity contribution in [3.8, 4) is 22.6 Å². The molecule has 1 aliphatic rings. The number of pyridine rings is 2. The highest BCUT2D eigenvalue weighted by molar-refractivity contribution is 6.41. The van der Waals surface area contributed by atoms with E-state index >= 15 is 0 Å². The summed E-state index contributed by atoms with van der Waals surface area (Å²) >= 11 is 13.7. The molecule has 0 radical (unpaired) electrons. The average Bonchev–Trinajstić information content (AvgIpc) is 3.15. The molecule has 3 heterocycles. The molecular formula is C40H42Cl2N6O5. The SMILES string of the molecule is COc1cc(OC)c(Cl)c(-c2cc3cnc(Nc4ccc(N5CCOCC5)cc4)cc3n(C(C)c3cccc(NC(=O)/C=C/CN(C)C)c3)c2=O)c1Cl. The van der Waals surface area contributed by atoms with Gasteiger partial charge in [0.25, 0.3) is 5.56 Å². The number of halogens is 2. The zero-order valence-electron chi connectivity index (χ0n) is 30.3. The molecule has 1 amide bonds. The molecule has 0 aliphatic carbocycles. The van der Waals surface area contributed by atoms with Crippen LogP contribution in [0, 0.1) is 0 Å². The van der Waals surface area contributed by atoms with Crippen LogP contribution in [-0.2, 0) is 9.53 Å². The van der Waals surface area contributed by atoms with Gasteiger partial charge in [0, 0.05) is 72.1 Å². The van der Waals surface area contributed by atoms with Crippen molar-refractivity contribution in [3.05, 3.63) is 111 Å². The zero-order valence-corrected chi connectivity index (χ0v) is 31.8. The molecule has 11 nitrogen and oxygen atoms in total. The van der Waals surface area contributed by atoms with Crippen LogP contribution in [0.1, 0.15) is 18.5 Å². The number of anilines is 4. The van der Waals surface area contributed by atoms with E-state index in [1.165, 1.54) is 20.3 Å². The normalized spacial score (nSPS) is 13.8. The van der Waals surface area contributed by atoms with E-state index in [0.29, 0.717) is 53.7 Å². The van der Waals surface area contributed by atoms with Crippen molar-refractivity contribution >= 4 is 62.9 Å². The number of amides is 1. The van der Waals surface area contributed by atoms with Crippen LogP contribution in [0.4, 0.5) is 22.9 Å². The second-order valence-corrected chi connectivity index (χ2v) is 13.6. The van der Waals surface area contributed by atoms with Gasteiger partial charge in [0.2, 0.25) is 5.91 Å². The topological polar surface area (TPSA) is 110 Å². The summed E-state index contributed by atoms with van der Waals surface area (Å²) < 4.78 is 18.2. The lowest BCUT2D eigenvalue weighted by Gasteiger charge is -2.28. The predicted molar refractivity (Wildman–Crippen MR) is 214 cm³/mol. The van der Waals surface area contributed by atoms with Crippen molar-refractivity contribution < 1.29 is 19.0 Å². The third kappa shape index (κ3) is 8.44. The van der Waals surface area contributed by atoms with Gasteiger partial charge in [-0.3, -0.25) is 9.59 Å². The van der Waals surface area contributed by atoms with E-state index in [1.807, 2.05) is 68.4 Å². The lowest BCUT2D eigenvalue weighted by atomic mass is 10.0. The number of hydrogen-bond acceptors (Lipinski definition) is 9. The van der Waals surface area contributed by atoms with Gasteiger partial charge in [0.15, 0.2) is 0 Å². The van der Waals surface area contributed by atoms with Gasteiger partial charge in [-0.2, -0.15) is 0 Å². The fraction of sp³-hybridized carbons (Fsp3) is 0.275. The standard InChI is InChI=1S/C40H42Cl2N6O5/c1-25(26-8-6-9-29(20-26)45-36(49)10-7-15-46(2)3)48-32-22-35(44-28-11-13-30(14-12-28)47-16-18-53-19-17-47)43-24-27(32)21-31(40(48)50)37-38(41)33(51-4)23-34(52-5)39(37)42/h6-14,20-25H,15-19H2,1-5H3,(H,43,44)(H,45,49)/b10-7+. The number of rotatable bonds is 12. The lowest BCUT2D eigenvalue weighted by Crippen LogP contribution is -2.36. The second-order valence-electron chi connectivity index (χ2n) is 12.9.